The number of likely N-dealkylation sites (tertiary alicyclic amines) is 1. The molecule has 2 saturated heterocycles. The summed E-state index contributed by atoms with van der Waals surface area (Å²) in [5, 5.41) is 7.19. The zero-order valence-corrected chi connectivity index (χ0v) is 13.6. The van der Waals surface area contributed by atoms with E-state index >= 15 is 0 Å². The molecule has 0 aromatic carbocycles. The molecule has 2 atom stereocenters. The van der Waals surface area contributed by atoms with Crippen molar-refractivity contribution < 1.29 is 14.1 Å². The molecule has 0 unspecified atom stereocenters. The maximum atomic E-state index is 12.7. The van der Waals surface area contributed by atoms with Crippen LogP contribution in [0.1, 0.15) is 53.9 Å². The fourth-order valence-corrected chi connectivity index (χ4v) is 4.09. The number of carbonyl (C=O) groups excluding carboxylic acids is 1. The first-order valence-corrected chi connectivity index (χ1v) is 8.93. The van der Waals surface area contributed by atoms with Crippen molar-refractivity contribution in [3.63, 3.8) is 0 Å². The standard InChI is InChI=1S/C17H25N3O3/c21-17(16-12-6-2-3-7-15(12)23-19-16)18-13-10-22-11-14(13)20-8-4-1-5-9-20/h13-14H,1-11H2,(H,18,21)/t13-,14-/m0/s1. The number of nitrogens with zero attached hydrogens (tertiary/aromatic N) is 2. The molecule has 0 saturated carbocycles. The van der Waals surface area contributed by atoms with E-state index in [2.05, 4.69) is 15.4 Å². The van der Waals surface area contributed by atoms with Gasteiger partial charge in [0.05, 0.1) is 25.3 Å². The zero-order valence-electron chi connectivity index (χ0n) is 13.6. The maximum Gasteiger partial charge on any atom is 0.274 e. The van der Waals surface area contributed by atoms with Gasteiger partial charge in [-0.15, -0.1) is 0 Å². The predicted octanol–water partition coefficient (Wildman–Crippen LogP) is 1.54. The summed E-state index contributed by atoms with van der Waals surface area (Å²) in [6, 6.07) is 0.346. The minimum Gasteiger partial charge on any atom is -0.378 e. The smallest absolute Gasteiger partial charge is 0.274 e. The van der Waals surface area contributed by atoms with Crippen molar-refractivity contribution in [1.82, 2.24) is 15.4 Å². The predicted molar refractivity (Wildman–Crippen MR) is 84.4 cm³/mol. The molecule has 0 radical (unpaired) electrons. The van der Waals surface area contributed by atoms with Crippen LogP contribution in [-0.4, -0.2) is 54.4 Å². The van der Waals surface area contributed by atoms with Crippen LogP contribution in [0, 0.1) is 0 Å². The van der Waals surface area contributed by atoms with Crippen LogP contribution in [0.25, 0.3) is 0 Å². The van der Waals surface area contributed by atoms with Crippen molar-refractivity contribution in [3.8, 4) is 0 Å². The van der Waals surface area contributed by atoms with Gasteiger partial charge in [0.15, 0.2) is 5.69 Å². The quantitative estimate of drug-likeness (QED) is 0.915. The molecule has 1 aliphatic carbocycles. The second-order valence-electron chi connectivity index (χ2n) is 6.92. The first-order valence-electron chi connectivity index (χ1n) is 8.93. The van der Waals surface area contributed by atoms with Crippen molar-refractivity contribution in [2.45, 2.75) is 57.0 Å². The molecule has 6 heteroatoms. The monoisotopic (exact) mass is 319 g/mol. The molecule has 1 aromatic rings. The molecule has 1 aromatic heterocycles. The number of piperidine rings is 1. The second kappa shape index (κ2) is 6.61. The molecular weight excluding hydrogens is 294 g/mol. The van der Waals surface area contributed by atoms with Gasteiger partial charge in [-0.3, -0.25) is 9.69 Å². The van der Waals surface area contributed by atoms with Crippen LogP contribution in [-0.2, 0) is 17.6 Å². The Labute approximate surface area is 136 Å². The summed E-state index contributed by atoms with van der Waals surface area (Å²) in [5.41, 5.74) is 1.51. The van der Waals surface area contributed by atoms with Gasteiger partial charge >= 0.3 is 0 Å². The Morgan fingerprint density at radius 3 is 2.78 bits per heavy atom. The lowest BCUT2D eigenvalue weighted by molar-refractivity contribution is 0.0890. The molecule has 1 amide bonds. The topological polar surface area (TPSA) is 67.6 Å². The van der Waals surface area contributed by atoms with E-state index in [1.807, 2.05) is 0 Å². The summed E-state index contributed by atoms with van der Waals surface area (Å²) in [7, 11) is 0. The Balaban J connectivity index is 1.44. The molecule has 0 spiro atoms. The van der Waals surface area contributed by atoms with Crippen LogP contribution < -0.4 is 5.32 Å². The molecule has 0 bridgehead atoms. The number of rotatable bonds is 3. The lowest BCUT2D eigenvalue weighted by atomic mass is 9.96. The molecule has 2 aliphatic heterocycles. The Bertz CT molecular complexity index is 565. The number of carbonyl (C=O) groups is 1. The molecule has 23 heavy (non-hydrogen) atoms. The van der Waals surface area contributed by atoms with Crippen molar-refractivity contribution in [2.75, 3.05) is 26.3 Å². The summed E-state index contributed by atoms with van der Waals surface area (Å²) >= 11 is 0. The first-order chi connectivity index (χ1) is 11.3. The Kier molecular flexibility index (Phi) is 4.35. The SMILES string of the molecule is O=C(N[C@H]1COC[C@@H]1N1CCCCC1)c1noc2c1CCCC2. The number of aromatic nitrogens is 1. The van der Waals surface area contributed by atoms with Gasteiger partial charge in [-0.05, 0) is 45.2 Å². The van der Waals surface area contributed by atoms with E-state index in [1.54, 1.807) is 0 Å². The molecule has 126 valence electrons. The van der Waals surface area contributed by atoms with Crippen LogP contribution >= 0.6 is 0 Å². The number of fused-ring (bicyclic) bond motifs is 1. The van der Waals surface area contributed by atoms with Gasteiger partial charge in [-0.2, -0.15) is 0 Å². The van der Waals surface area contributed by atoms with E-state index in [0.29, 0.717) is 24.9 Å². The maximum absolute atomic E-state index is 12.7. The van der Waals surface area contributed by atoms with Crippen LogP contribution in [0.3, 0.4) is 0 Å². The van der Waals surface area contributed by atoms with E-state index in [9.17, 15) is 4.79 Å². The molecule has 6 nitrogen and oxygen atoms in total. The summed E-state index contributed by atoms with van der Waals surface area (Å²) in [5.74, 6) is 0.797. The van der Waals surface area contributed by atoms with E-state index in [1.165, 1.54) is 19.3 Å². The summed E-state index contributed by atoms with van der Waals surface area (Å²) in [6.45, 7) is 3.52. The highest BCUT2D eigenvalue weighted by molar-refractivity contribution is 5.94. The van der Waals surface area contributed by atoms with Crippen LogP contribution in [0.2, 0.25) is 0 Å². The number of hydrogen-bond acceptors (Lipinski definition) is 5. The summed E-state index contributed by atoms with van der Waals surface area (Å²) in [6.07, 6.45) is 7.83. The number of ether oxygens (including phenoxy) is 1. The van der Waals surface area contributed by atoms with E-state index in [4.69, 9.17) is 9.26 Å². The number of hydrogen-bond donors (Lipinski definition) is 1. The lowest BCUT2D eigenvalue weighted by Crippen LogP contribution is -2.52. The van der Waals surface area contributed by atoms with Gasteiger partial charge < -0.3 is 14.6 Å². The summed E-state index contributed by atoms with van der Waals surface area (Å²) in [4.78, 5) is 15.1. The molecule has 3 heterocycles. The second-order valence-corrected chi connectivity index (χ2v) is 6.92. The van der Waals surface area contributed by atoms with E-state index in [-0.39, 0.29) is 11.9 Å². The highest BCUT2D eigenvalue weighted by Crippen LogP contribution is 2.25. The molecule has 2 fully saturated rings. The third-order valence-corrected chi connectivity index (χ3v) is 5.39. The third-order valence-electron chi connectivity index (χ3n) is 5.39. The van der Waals surface area contributed by atoms with Gasteiger partial charge in [0.2, 0.25) is 0 Å². The average molecular weight is 319 g/mol. The number of aryl methyl sites for hydroxylation is 1. The fourth-order valence-electron chi connectivity index (χ4n) is 4.09. The lowest BCUT2D eigenvalue weighted by Gasteiger charge is -2.34. The van der Waals surface area contributed by atoms with Crippen molar-refractivity contribution in [1.29, 1.82) is 0 Å². The van der Waals surface area contributed by atoms with Gasteiger partial charge in [0.25, 0.3) is 5.91 Å². The third kappa shape index (κ3) is 3.02. The molecule has 3 aliphatic rings. The largest absolute Gasteiger partial charge is 0.378 e. The highest BCUT2D eigenvalue weighted by Gasteiger charge is 2.36. The number of amides is 1. The van der Waals surface area contributed by atoms with Gasteiger partial charge in [-0.25, -0.2) is 0 Å². The Morgan fingerprint density at radius 2 is 1.91 bits per heavy atom. The van der Waals surface area contributed by atoms with Crippen LogP contribution in [0.4, 0.5) is 0 Å². The average Bonchev–Trinajstić information content (AvgIpc) is 3.22. The van der Waals surface area contributed by atoms with Gasteiger partial charge in [-0.1, -0.05) is 11.6 Å². The zero-order chi connectivity index (χ0) is 15.6. The van der Waals surface area contributed by atoms with Gasteiger partial charge in [0.1, 0.15) is 5.76 Å². The minimum atomic E-state index is -0.102. The minimum absolute atomic E-state index is 0.0524. The molecule has 4 rings (SSSR count). The van der Waals surface area contributed by atoms with Crippen molar-refractivity contribution in [2.24, 2.45) is 0 Å². The van der Waals surface area contributed by atoms with E-state index in [0.717, 1.165) is 50.1 Å². The fraction of sp³-hybridized carbons (Fsp3) is 0.765. The van der Waals surface area contributed by atoms with Crippen molar-refractivity contribution in [3.05, 3.63) is 17.0 Å². The molecule has 1 N–H and O–H groups in total. The summed E-state index contributed by atoms with van der Waals surface area (Å²) < 4.78 is 11.0. The first kappa shape index (κ1) is 15.1. The van der Waals surface area contributed by atoms with Crippen molar-refractivity contribution >= 4 is 5.91 Å². The number of nitrogens with one attached hydrogen (secondary N) is 1. The highest BCUT2D eigenvalue weighted by atomic mass is 16.5. The van der Waals surface area contributed by atoms with Gasteiger partial charge in [0, 0.05) is 12.0 Å². The van der Waals surface area contributed by atoms with Crippen LogP contribution in [0.15, 0.2) is 4.52 Å². The van der Waals surface area contributed by atoms with E-state index < -0.39 is 0 Å². The molecular formula is C17H25N3O3. The normalized spacial score (nSPS) is 28.5. The Hall–Kier alpha value is -1.40. The Morgan fingerprint density at radius 1 is 1.09 bits per heavy atom. The van der Waals surface area contributed by atoms with Crippen LogP contribution in [0.5, 0.6) is 0 Å².